The van der Waals surface area contributed by atoms with Crippen LogP contribution in [0.5, 0.6) is 11.5 Å². The first-order valence-electron chi connectivity index (χ1n) is 8.56. The molecule has 26 heavy (non-hydrogen) atoms. The smallest absolute Gasteiger partial charge is 0.337 e. The fraction of sp³-hybridized carbons (Fsp3) is 0.300. The molecule has 0 aromatic heterocycles. The molecule has 6 nitrogen and oxygen atoms in total. The second-order valence-electron chi connectivity index (χ2n) is 6.32. The molecule has 0 N–H and O–H groups in total. The number of carbonyl (C=O) groups is 2. The summed E-state index contributed by atoms with van der Waals surface area (Å²) in [7, 11) is 1.36. The first-order valence-corrected chi connectivity index (χ1v) is 8.56. The number of amides is 1. The molecule has 4 rings (SSSR count). The van der Waals surface area contributed by atoms with Crippen LogP contribution in [0.25, 0.3) is 0 Å². The van der Waals surface area contributed by atoms with E-state index in [9.17, 15) is 9.59 Å². The third kappa shape index (κ3) is 2.98. The molecule has 1 amide bonds. The van der Waals surface area contributed by atoms with Crippen LogP contribution < -0.4 is 14.4 Å². The van der Waals surface area contributed by atoms with Crippen LogP contribution >= 0.6 is 0 Å². The van der Waals surface area contributed by atoms with Gasteiger partial charge in [0, 0.05) is 18.7 Å². The van der Waals surface area contributed by atoms with E-state index in [0.717, 1.165) is 34.7 Å². The number of benzene rings is 2. The van der Waals surface area contributed by atoms with Crippen molar-refractivity contribution in [3.8, 4) is 11.5 Å². The molecule has 2 heterocycles. The van der Waals surface area contributed by atoms with Crippen LogP contribution in [0, 0.1) is 0 Å². The molecule has 0 bridgehead atoms. The van der Waals surface area contributed by atoms with Gasteiger partial charge in [-0.05, 0) is 54.3 Å². The number of rotatable bonds is 4. The lowest BCUT2D eigenvalue weighted by Gasteiger charge is -2.17. The minimum atomic E-state index is -0.361. The molecular weight excluding hydrogens is 334 g/mol. The molecule has 2 aromatic carbocycles. The molecule has 6 heteroatoms. The Bertz CT molecular complexity index is 877. The second-order valence-corrected chi connectivity index (χ2v) is 6.32. The van der Waals surface area contributed by atoms with Crippen molar-refractivity contribution in [2.75, 3.05) is 25.3 Å². The van der Waals surface area contributed by atoms with E-state index in [-0.39, 0.29) is 18.7 Å². The summed E-state index contributed by atoms with van der Waals surface area (Å²) in [5.74, 6) is 1.19. The number of hydrogen-bond acceptors (Lipinski definition) is 5. The zero-order valence-electron chi connectivity index (χ0n) is 14.5. The van der Waals surface area contributed by atoms with E-state index in [1.54, 1.807) is 11.0 Å². The summed E-state index contributed by atoms with van der Waals surface area (Å²) in [6.45, 7) is 0.885. The molecular formula is C20H19NO5. The highest BCUT2D eigenvalue weighted by Crippen LogP contribution is 2.33. The number of carbonyl (C=O) groups excluding carboxylic acids is 2. The normalized spacial score (nSPS) is 14.3. The molecule has 0 unspecified atom stereocenters. The number of anilines is 1. The van der Waals surface area contributed by atoms with E-state index in [2.05, 4.69) is 0 Å². The average molecular weight is 353 g/mol. The minimum Gasteiger partial charge on any atom is -0.465 e. The third-order valence-electron chi connectivity index (χ3n) is 4.76. The van der Waals surface area contributed by atoms with Crippen LogP contribution in [-0.2, 0) is 22.4 Å². The maximum atomic E-state index is 12.7. The van der Waals surface area contributed by atoms with Gasteiger partial charge in [-0.15, -0.1) is 0 Å². The molecule has 0 atom stereocenters. The summed E-state index contributed by atoms with van der Waals surface area (Å²) >= 11 is 0. The monoisotopic (exact) mass is 353 g/mol. The van der Waals surface area contributed by atoms with Gasteiger partial charge in [0.2, 0.25) is 12.7 Å². The van der Waals surface area contributed by atoms with Crippen molar-refractivity contribution >= 4 is 17.6 Å². The van der Waals surface area contributed by atoms with Gasteiger partial charge < -0.3 is 19.1 Å². The second kappa shape index (κ2) is 6.71. The lowest BCUT2D eigenvalue weighted by Crippen LogP contribution is -2.29. The van der Waals surface area contributed by atoms with Crippen LogP contribution in [0.2, 0.25) is 0 Å². The lowest BCUT2D eigenvalue weighted by atomic mass is 10.1. The number of aryl methyl sites for hydroxylation is 1. The largest absolute Gasteiger partial charge is 0.465 e. The van der Waals surface area contributed by atoms with Crippen molar-refractivity contribution in [2.24, 2.45) is 0 Å². The first-order chi connectivity index (χ1) is 12.7. The Kier molecular flexibility index (Phi) is 4.24. The van der Waals surface area contributed by atoms with E-state index in [1.165, 1.54) is 7.11 Å². The van der Waals surface area contributed by atoms with E-state index in [1.807, 2.05) is 30.3 Å². The quantitative estimate of drug-likeness (QED) is 0.791. The van der Waals surface area contributed by atoms with Crippen molar-refractivity contribution in [1.82, 2.24) is 0 Å². The van der Waals surface area contributed by atoms with Crippen molar-refractivity contribution in [1.29, 1.82) is 0 Å². The van der Waals surface area contributed by atoms with Crippen LogP contribution in [0.15, 0.2) is 36.4 Å². The summed E-state index contributed by atoms with van der Waals surface area (Å²) < 4.78 is 15.4. The van der Waals surface area contributed by atoms with Crippen LogP contribution in [0.1, 0.15) is 27.9 Å². The Hall–Kier alpha value is -3.02. The molecule has 2 aliphatic rings. The zero-order chi connectivity index (χ0) is 18.1. The maximum Gasteiger partial charge on any atom is 0.337 e. The maximum absolute atomic E-state index is 12.7. The lowest BCUT2D eigenvalue weighted by molar-refractivity contribution is -0.118. The molecule has 0 spiro atoms. The van der Waals surface area contributed by atoms with Gasteiger partial charge in [-0.2, -0.15) is 0 Å². The topological polar surface area (TPSA) is 65.1 Å². The summed E-state index contributed by atoms with van der Waals surface area (Å²) in [4.78, 5) is 26.1. The molecule has 2 aromatic rings. The van der Waals surface area contributed by atoms with E-state index >= 15 is 0 Å². The molecule has 134 valence electrons. The molecule has 0 fully saturated rings. The van der Waals surface area contributed by atoms with E-state index < -0.39 is 0 Å². The molecule has 0 radical (unpaired) electrons. The Morgan fingerprint density at radius 1 is 1.12 bits per heavy atom. The van der Waals surface area contributed by atoms with Gasteiger partial charge in [0.1, 0.15) is 0 Å². The number of hydrogen-bond donors (Lipinski definition) is 0. The summed E-state index contributed by atoms with van der Waals surface area (Å²) in [5, 5.41) is 0. The van der Waals surface area contributed by atoms with Gasteiger partial charge in [-0.25, -0.2) is 4.79 Å². The number of ether oxygens (including phenoxy) is 3. The van der Waals surface area contributed by atoms with Crippen LogP contribution in [0.3, 0.4) is 0 Å². The zero-order valence-corrected chi connectivity index (χ0v) is 14.5. The van der Waals surface area contributed by atoms with E-state index in [4.69, 9.17) is 14.2 Å². The van der Waals surface area contributed by atoms with Crippen molar-refractivity contribution in [3.63, 3.8) is 0 Å². The van der Waals surface area contributed by atoms with E-state index in [0.29, 0.717) is 24.9 Å². The van der Waals surface area contributed by atoms with Gasteiger partial charge in [-0.3, -0.25) is 4.79 Å². The van der Waals surface area contributed by atoms with Crippen molar-refractivity contribution in [3.05, 3.63) is 53.1 Å². The van der Waals surface area contributed by atoms with Crippen LogP contribution in [0.4, 0.5) is 5.69 Å². The minimum absolute atomic E-state index is 0.0761. The Labute approximate surface area is 151 Å². The first kappa shape index (κ1) is 16.4. The fourth-order valence-corrected chi connectivity index (χ4v) is 3.39. The molecule has 0 saturated heterocycles. The third-order valence-corrected chi connectivity index (χ3v) is 4.76. The Morgan fingerprint density at radius 3 is 2.81 bits per heavy atom. The Balaban J connectivity index is 1.43. The molecule has 2 aliphatic heterocycles. The number of nitrogens with zero attached hydrogens (tertiary/aromatic N) is 1. The predicted molar refractivity (Wildman–Crippen MR) is 94.7 cm³/mol. The van der Waals surface area contributed by atoms with Gasteiger partial charge in [0.05, 0.1) is 12.7 Å². The highest BCUT2D eigenvalue weighted by Gasteiger charge is 2.25. The average Bonchev–Trinajstić information content (AvgIpc) is 3.31. The highest BCUT2D eigenvalue weighted by atomic mass is 16.7. The fourth-order valence-electron chi connectivity index (χ4n) is 3.39. The van der Waals surface area contributed by atoms with Gasteiger partial charge in [0.15, 0.2) is 11.5 Å². The van der Waals surface area contributed by atoms with Gasteiger partial charge >= 0.3 is 5.97 Å². The summed E-state index contributed by atoms with van der Waals surface area (Å²) in [6, 6.07) is 11.1. The standard InChI is InChI=1S/C20H19NO5/c1-24-20(23)15-4-5-16-14(11-15)8-9-21(16)19(22)7-3-13-2-6-17-18(10-13)26-12-25-17/h2,4-6,10-11H,3,7-9,12H2,1H3. The van der Waals surface area contributed by atoms with Crippen LogP contribution in [-0.4, -0.2) is 32.3 Å². The summed E-state index contributed by atoms with van der Waals surface area (Å²) in [6.07, 6.45) is 1.80. The predicted octanol–water partition coefficient (Wildman–Crippen LogP) is 2.72. The molecule has 0 aliphatic carbocycles. The molecule has 0 saturated carbocycles. The van der Waals surface area contributed by atoms with Gasteiger partial charge in [-0.1, -0.05) is 6.07 Å². The van der Waals surface area contributed by atoms with Gasteiger partial charge in [0.25, 0.3) is 0 Å². The number of methoxy groups -OCH3 is 1. The number of fused-ring (bicyclic) bond motifs is 2. The summed E-state index contributed by atoms with van der Waals surface area (Å²) in [5.41, 5.74) is 3.45. The highest BCUT2D eigenvalue weighted by molar-refractivity contribution is 5.97. The Morgan fingerprint density at radius 2 is 1.96 bits per heavy atom. The van der Waals surface area contributed by atoms with Crippen molar-refractivity contribution in [2.45, 2.75) is 19.3 Å². The number of esters is 1. The van der Waals surface area contributed by atoms with Crippen molar-refractivity contribution < 1.29 is 23.8 Å². The SMILES string of the molecule is COC(=O)c1ccc2c(c1)CCN2C(=O)CCc1ccc2c(c1)OCO2.